The topological polar surface area (TPSA) is 50.4 Å². The van der Waals surface area contributed by atoms with Crippen molar-refractivity contribution in [2.24, 2.45) is 5.92 Å². The molecule has 0 aromatic heterocycles. The lowest BCUT2D eigenvalue weighted by Gasteiger charge is -2.27. The summed E-state index contributed by atoms with van der Waals surface area (Å²) in [5, 5.41) is 6.29. The zero-order valence-corrected chi connectivity index (χ0v) is 14.8. The van der Waals surface area contributed by atoms with E-state index in [0.717, 1.165) is 19.4 Å². The van der Waals surface area contributed by atoms with Crippen LogP contribution in [0.15, 0.2) is 48.5 Å². The Labute approximate surface area is 153 Å². The van der Waals surface area contributed by atoms with E-state index in [-0.39, 0.29) is 30.0 Å². The van der Waals surface area contributed by atoms with Crippen molar-refractivity contribution < 1.29 is 13.9 Å². The first kappa shape index (κ1) is 19.2. The van der Waals surface area contributed by atoms with E-state index < -0.39 is 0 Å². The van der Waals surface area contributed by atoms with Gasteiger partial charge < -0.3 is 15.4 Å². The number of anilines is 1. The van der Waals surface area contributed by atoms with Gasteiger partial charge in [0, 0.05) is 18.0 Å². The summed E-state index contributed by atoms with van der Waals surface area (Å²) >= 11 is 0. The zero-order valence-electron chi connectivity index (χ0n) is 14.0. The van der Waals surface area contributed by atoms with Crippen LogP contribution in [-0.2, 0) is 4.79 Å². The molecule has 25 heavy (non-hydrogen) atoms. The van der Waals surface area contributed by atoms with Gasteiger partial charge in [0.15, 0.2) is 5.75 Å². The molecule has 2 aromatic rings. The molecule has 2 N–H and O–H groups in total. The lowest BCUT2D eigenvalue weighted by molar-refractivity contribution is -0.120. The second-order valence-corrected chi connectivity index (χ2v) is 6.12. The number of carbonyl (C=O) groups is 1. The van der Waals surface area contributed by atoms with Crippen molar-refractivity contribution in [3.05, 3.63) is 54.3 Å². The highest BCUT2D eigenvalue weighted by atomic mass is 35.5. The largest absolute Gasteiger partial charge is 0.455 e. The third-order valence-corrected chi connectivity index (χ3v) is 4.16. The van der Waals surface area contributed by atoms with Crippen LogP contribution in [0.5, 0.6) is 11.5 Å². The number of amides is 1. The van der Waals surface area contributed by atoms with Gasteiger partial charge in [0.2, 0.25) is 5.91 Å². The number of carbonyl (C=O) groups excluding carboxylic acids is 1. The van der Waals surface area contributed by atoms with Gasteiger partial charge in [-0.25, -0.2) is 4.39 Å². The summed E-state index contributed by atoms with van der Waals surface area (Å²) in [5.74, 6) is 0.519. The Kier molecular flexibility index (Phi) is 6.79. The van der Waals surface area contributed by atoms with Crippen LogP contribution in [0.1, 0.15) is 19.8 Å². The number of hydrogen-bond donors (Lipinski definition) is 2. The summed E-state index contributed by atoms with van der Waals surface area (Å²) in [5.41, 5.74) is 0.595. The molecular formula is C19H22ClFN2O2. The second kappa shape index (κ2) is 8.83. The molecular weight excluding hydrogens is 343 g/mol. The Bertz CT molecular complexity index is 726. The SMILES string of the molecule is C[C@H]1C[C@@H](C(=O)Nc2ccccc2Oc2cccc(F)c2)CCN1.Cl. The molecule has 1 aliphatic heterocycles. The Balaban J connectivity index is 0.00000225. The molecule has 0 bridgehead atoms. The smallest absolute Gasteiger partial charge is 0.227 e. The zero-order chi connectivity index (χ0) is 16.9. The van der Waals surface area contributed by atoms with Gasteiger partial charge in [-0.05, 0) is 50.6 Å². The molecule has 0 unspecified atom stereocenters. The maximum Gasteiger partial charge on any atom is 0.227 e. The van der Waals surface area contributed by atoms with E-state index in [9.17, 15) is 9.18 Å². The van der Waals surface area contributed by atoms with Crippen molar-refractivity contribution in [3.8, 4) is 11.5 Å². The van der Waals surface area contributed by atoms with E-state index in [4.69, 9.17) is 4.74 Å². The van der Waals surface area contributed by atoms with E-state index in [0.29, 0.717) is 23.2 Å². The fraction of sp³-hybridized carbons (Fsp3) is 0.316. The van der Waals surface area contributed by atoms with Crippen LogP contribution in [0, 0.1) is 11.7 Å². The summed E-state index contributed by atoms with van der Waals surface area (Å²) in [4.78, 5) is 12.5. The summed E-state index contributed by atoms with van der Waals surface area (Å²) in [6.07, 6.45) is 1.64. The van der Waals surface area contributed by atoms with Crippen LogP contribution in [0.4, 0.5) is 10.1 Å². The maximum absolute atomic E-state index is 13.3. The number of nitrogens with one attached hydrogen (secondary N) is 2. The molecule has 1 saturated heterocycles. The van der Waals surface area contributed by atoms with Gasteiger partial charge in [-0.3, -0.25) is 4.79 Å². The normalized spacial score (nSPS) is 19.6. The maximum atomic E-state index is 13.3. The minimum absolute atomic E-state index is 0. The van der Waals surface area contributed by atoms with Gasteiger partial charge in [-0.1, -0.05) is 18.2 Å². The van der Waals surface area contributed by atoms with Crippen LogP contribution in [0.2, 0.25) is 0 Å². The Hall–Kier alpha value is -2.11. The van der Waals surface area contributed by atoms with Crippen molar-refractivity contribution >= 4 is 24.0 Å². The lowest BCUT2D eigenvalue weighted by atomic mass is 9.92. The molecule has 2 aromatic carbocycles. The number of ether oxygens (including phenoxy) is 1. The quantitative estimate of drug-likeness (QED) is 0.847. The van der Waals surface area contributed by atoms with Gasteiger partial charge in [-0.15, -0.1) is 12.4 Å². The van der Waals surface area contributed by atoms with Gasteiger partial charge in [0.25, 0.3) is 0 Å². The number of halogens is 2. The van der Waals surface area contributed by atoms with Crippen molar-refractivity contribution in [3.63, 3.8) is 0 Å². The molecule has 1 amide bonds. The molecule has 1 fully saturated rings. The highest BCUT2D eigenvalue weighted by Crippen LogP contribution is 2.30. The van der Waals surface area contributed by atoms with Crippen LogP contribution < -0.4 is 15.4 Å². The van der Waals surface area contributed by atoms with E-state index in [1.54, 1.807) is 24.3 Å². The van der Waals surface area contributed by atoms with Crippen LogP contribution in [0.25, 0.3) is 0 Å². The molecule has 3 rings (SSSR count). The first-order chi connectivity index (χ1) is 11.6. The summed E-state index contributed by atoms with van der Waals surface area (Å²) in [6, 6.07) is 13.5. The molecule has 1 aliphatic rings. The van der Waals surface area contributed by atoms with E-state index in [1.165, 1.54) is 12.1 Å². The second-order valence-electron chi connectivity index (χ2n) is 6.12. The molecule has 4 nitrogen and oxygen atoms in total. The number of para-hydroxylation sites is 2. The van der Waals surface area contributed by atoms with Gasteiger partial charge in [-0.2, -0.15) is 0 Å². The monoisotopic (exact) mass is 364 g/mol. The average Bonchev–Trinajstić information content (AvgIpc) is 2.57. The summed E-state index contributed by atoms with van der Waals surface area (Å²) < 4.78 is 19.0. The first-order valence-corrected chi connectivity index (χ1v) is 8.18. The highest BCUT2D eigenvalue weighted by molar-refractivity contribution is 5.94. The lowest BCUT2D eigenvalue weighted by Crippen LogP contribution is -2.40. The first-order valence-electron chi connectivity index (χ1n) is 8.18. The average molecular weight is 365 g/mol. The number of piperidine rings is 1. The molecule has 0 radical (unpaired) electrons. The molecule has 134 valence electrons. The number of benzene rings is 2. The van der Waals surface area contributed by atoms with E-state index in [1.807, 2.05) is 12.1 Å². The van der Waals surface area contributed by atoms with E-state index in [2.05, 4.69) is 17.6 Å². The Morgan fingerprint density at radius 3 is 2.80 bits per heavy atom. The third kappa shape index (κ3) is 5.18. The minimum Gasteiger partial charge on any atom is -0.455 e. The fourth-order valence-electron chi connectivity index (χ4n) is 2.92. The van der Waals surface area contributed by atoms with Gasteiger partial charge >= 0.3 is 0 Å². The molecule has 0 saturated carbocycles. The summed E-state index contributed by atoms with van der Waals surface area (Å²) in [7, 11) is 0. The third-order valence-electron chi connectivity index (χ3n) is 4.16. The van der Waals surface area contributed by atoms with Crippen molar-refractivity contribution in [1.82, 2.24) is 5.32 Å². The Morgan fingerprint density at radius 2 is 2.04 bits per heavy atom. The standard InChI is InChI=1S/C19H21FN2O2.ClH/c1-13-11-14(9-10-21-13)19(23)22-17-7-2-3-8-18(17)24-16-6-4-5-15(20)12-16;/h2-8,12-14,21H,9-11H2,1H3,(H,22,23);1H/t13-,14-;/m0./s1. The molecule has 6 heteroatoms. The van der Waals surface area contributed by atoms with Crippen molar-refractivity contribution in [2.75, 3.05) is 11.9 Å². The molecule has 2 atom stereocenters. The summed E-state index contributed by atoms with van der Waals surface area (Å²) in [6.45, 7) is 2.93. The predicted molar refractivity (Wildman–Crippen MR) is 99.0 cm³/mol. The van der Waals surface area contributed by atoms with Gasteiger partial charge in [0.1, 0.15) is 11.6 Å². The molecule has 1 heterocycles. The molecule has 0 spiro atoms. The Morgan fingerprint density at radius 1 is 1.24 bits per heavy atom. The fourth-order valence-corrected chi connectivity index (χ4v) is 2.92. The van der Waals surface area contributed by atoms with Crippen LogP contribution in [0.3, 0.4) is 0 Å². The predicted octanol–water partition coefficient (Wildman–Crippen LogP) is 4.37. The minimum atomic E-state index is -0.363. The van der Waals surface area contributed by atoms with Gasteiger partial charge in [0.05, 0.1) is 5.69 Å². The molecule has 0 aliphatic carbocycles. The van der Waals surface area contributed by atoms with Crippen molar-refractivity contribution in [2.45, 2.75) is 25.8 Å². The number of hydrogen-bond acceptors (Lipinski definition) is 3. The highest BCUT2D eigenvalue weighted by Gasteiger charge is 2.25. The number of rotatable bonds is 4. The van der Waals surface area contributed by atoms with Crippen molar-refractivity contribution in [1.29, 1.82) is 0 Å². The van der Waals surface area contributed by atoms with Crippen LogP contribution >= 0.6 is 12.4 Å². The van der Waals surface area contributed by atoms with E-state index >= 15 is 0 Å². The van der Waals surface area contributed by atoms with Crippen LogP contribution in [-0.4, -0.2) is 18.5 Å².